The van der Waals surface area contributed by atoms with Gasteiger partial charge in [0.2, 0.25) is 12.8 Å². The average Bonchev–Trinajstić information content (AvgIpc) is 2.98. The highest BCUT2D eigenvalue weighted by atomic mass is 16.7. The van der Waals surface area contributed by atoms with Crippen molar-refractivity contribution in [2.24, 2.45) is 10.1 Å². The number of nitrogens with one attached hydrogen (secondary N) is 2. The summed E-state index contributed by atoms with van der Waals surface area (Å²) in [7, 11) is 0. The van der Waals surface area contributed by atoms with E-state index in [4.69, 9.17) is 9.47 Å². The maximum Gasteiger partial charge on any atom is 0.231 e. The molecule has 2 heterocycles. The van der Waals surface area contributed by atoms with Gasteiger partial charge in [0.25, 0.3) is 0 Å². The topological polar surface area (TPSA) is 67.2 Å². The van der Waals surface area contributed by atoms with Crippen molar-refractivity contribution in [2.75, 3.05) is 19.9 Å². The van der Waals surface area contributed by atoms with E-state index in [2.05, 4.69) is 20.8 Å². The predicted molar refractivity (Wildman–Crippen MR) is 63.6 cm³/mol. The molecule has 0 amide bonds. The molecule has 0 aromatic heterocycles. The summed E-state index contributed by atoms with van der Waals surface area (Å²) in [5.74, 6) is 2.24. The molecule has 2 N–H and O–H groups in total. The van der Waals surface area contributed by atoms with Crippen LogP contribution >= 0.6 is 0 Å². The van der Waals surface area contributed by atoms with Gasteiger partial charge in [0.15, 0.2) is 11.5 Å². The van der Waals surface area contributed by atoms with Crippen molar-refractivity contribution in [1.29, 1.82) is 0 Å². The number of fused-ring (bicyclic) bond motifs is 1. The first kappa shape index (κ1) is 9.95. The monoisotopic (exact) mass is 232 g/mol. The van der Waals surface area contributed by atoms with E-state index in [1.165, 1.54) is 0 Å². The molecule has 0 aliphatic carbocycles. The highest BCUT2D eigenvalue weighted by Gasteiger charge is 2.12. The SMILES string of the molecule is C(=N\NC1=NCCN1)/c1ccc2c(c1)OCO2. The maximum absolute atomic E-state index is 5.28. The van der Waals surface area contributed by atoms with Gasteiger partial charge in [-0.1, -0.05) is 0 Å². The van der Waals surface area contributed by atoms with Crippen LogP contribution in [-0.4, -0.2) is 32.1 Å². The Morgan fingerprint density at radius 3 is 3.18 bits per heavy atom. The number of nitrogens with zero attached hydrogens (tertiary/aromatic N) is 2. The van der Waals surface area contributed by atoms with Gasteiger partial charge in [-0.05, 0) is 23.8 Å². The summed E-state index contributed by atoms with van der Waals surface area (Å²) >= 11 is 0. The molecular formula is C11H12N4O2. The summed E-state index contributed by atoms with van der Waals surface area (Å²) in [5.41, 5.74) is 3.78. The first-order valence-corrected chi connectivity index (χ1v) is 5.39. The van der Waals surface area contributed by atoms with E-state index in [0.29, 0.717) is 5.96 Å². The molecule has 0 fully saturated rings. The number of hydrogen-bond donors (Lipinski definition) is 2. The van der Waals surface area contributed by atoms with Crippen LogP contribution < -0.4 is 20.2 Å². The summed E-state index contributed by atoms with van der Waals surface area (Å²) < 4.78 is 10.5. The van der Waals surface area contributed by atoms with Gasteiger partial charge >= 0.3 is 0 Å². The molecule has 1 aromatic rings. The molecule has 0 radical (unpaired) electrons. The minimum atomic E-state index is 0.287. The Morgan fingerprint density at radius 2 is 2.29 bits per heavy atom. The Bertz CT molecular complexity index is 484. The number of ether oxygens (including phenoxy) is 2. The molecule has 0 saturated heterocycles. The first-order chi connectivity index (χ1) is 8.42. The van der Waals surface area contributed by atoms with Crippen molar-refractivity contribution in [1.82, 2.24) is 10.7 Å². The van der Waals surface area contributed by atoms with Gasteiger partial charge in [-0.15, -0.1) is 0 Å². The van der Waals surface area contributed by atoms with Gasteiger partial charge in [0, 0.05) is 6.54 Å². The first-order valence-electron chi connectivity index (χ1n) is 5.39. The largest absolute Gasteiger partial charge is 0.454 e. The van der Waals surface area contributed by atoms with Gasteiger partial charge < -0.3 is 14.8 Å². The molecule has 0 unspecified atom stereocenters. The molecule has 0 bridgehead atoms. The minimum Gasteiger partial charge on any atom is -0.454 e. The van der Waals surface area contributed by atoms with Crippen molar-refractivity contribution in [2.45, 2.75) is 0 Å². The van der Waals surface area contributed by atoms with Gasteiger partial charge in [0.1, 0.15) is 0 Å². The molecule has 6 nitrogen and oxygen atoms in total. The van der Waals surface area contributed by atoms with Crippen LogP contribution in [0.4, 0.5) is 0 Å². The Labute approximate surface area is 98.3 Å². The van der Waals surface area contributed by atoms with Gasteiger partial charge in [-0.25, -0.2) is 10.4 Å². The number of guanidine groups is 1. The van der Waals surface area contributed by atoms with Crippen molar-refractivity contribution in [3.63, 3.8) is 0 Å². The molecule has 6 heteroatoms. The number of rotatable bonds is 2. The molecule has 1 aromatic carbocycles. The fraction of sp³-hybridized carbons (Fsp3) is 0.273. The lowest BCUT2D eigenvalue weighted by atomic mass is 10.2. The second kappa shape index (κ2) is 4.32. The third-order valence-electron chi connectivity index (χ3n) is 2.45. The molecule has 2 aliphatic rings. The number of hydrazone groups is 1. The second-order valence-electron chi connectivity index (χ2n) is 3.64. The Hall–Kier alpha value is -2.24. The molecule has 17 heavy (non-hydrogen) atoms. The summed E-state index contributed by atoms with van der Waals surface area (Å²) in [5, 5.41) is 7.15. The molecule has 88 valence electrons. The molecule has 2 aliphatic heterocycles. The van der Waals surface area contributed by atoms with Crippen LogP contribution in [-0.2, 0) is 0 Å². The van der Waals surface area contributed by atoms with Gasteiger partial charge in [-0.3, -0.25) is 0 Å². The zero-order valence-electron chi connectivity index (χ0n) is 9.14. The van der Waals surface area contributed by atoms with Crippen molar-refractivity contribution in [3.8, 4) is 11.5 Å². The lowest BCUT2D eigenvalue weighted by Crippen LogP contribution is -2.30. The summed E-state index contributed by atoms with van der Waals surface area (Å²) in [6.45, 7) is 1.94. The molecule has 3 rings (SSSR count). The number of benzene rings is 1. The van der Waals surface area contributed by atoms with Gasteiger partial charge in [0.05, 0.1) is 12.8 Å². The number of hydrogen-bond acceptors (Lipinski definition) is 6. The smallest absolute Gasteiger partial charge is 0.231 e. The van der Waals surface area contributed by atoms with E-state index in [9.17, 15) is 0 Å². The maximum atomic E-state index is 5.28. The van der Waals surface area contributed by atoms with Crippen LogP contribution in [0.1, 0.15) is 5.56 Å². The van der Waals surface area contributed by atoms with E-state index in [0.717, 1.165) is 30.2 Å². The quantitative estimate of drug-likeness (QED) is 0.568. The third kappa shape index (κ3) is 2.15. The van der Waals surface area contributed by atoms with Crippen LogP contribution in [0.15, 0.2) is 28.3 Å². The minimum absolute atomic E-state index is 0.287. The highest BCUT2D eigenvalue weighted by molar-refractivity contribution is 5.85. The van der Waals surface area contributed by atoms with E-state index >= 15 is 0 Å². The Kier molecular flexibility index (Phi) is 2.53. The Morgan fingerprint density at radius 1 is 1.35 bits per heavy atom. The number of aliphatic imine (C=N–C) groups is 1. The normalized spacial score (nSPS) is 17.1. The average molecular weight is 232 g/mol. The van der Waals surface area contributed by atoms with Crippen LogP contribution in [0.2, 0.25) is 0 Å². The lowest BCUT2D eigenvalue weighted by molar-refractivity contribution is 0.174. The highest BCUT2D eigenvalue weighted by Crippen LogP contribution is 2.31. The van der Waals surface area contributed by atoms with Crippen LogP contribution in [0.3, 0.4) is 0 Å². The van der Waals surface area contributed by atoms with Crippen LogP contribution in [0, 0.1) is 0 Å². The van der Waals surface area contributed by atoms with Crippen LogP contribution in [0.5, 0.6) is 11.5 Å². The summed E-state index contributed by atoms with van der Waals surface area (Å²) in [4.78, 5) is 4.16. The zero-order valence-corrected chi connectivity index (χ0v) is 9.14. The molecule has 0 atom stereocenters. The molecule has 0 saturated carbocycles. The van der Waals surface area contributed by atoms with E-state index in [1.807, 2.05) is 18.2 Å². The molecular weight excluding hydrogens is 220 g/mol. The lowest BCUT2D eigenvalue weighted by Gasteiger charge is -2.00. The summed E-state index contributed by atoms with van der Waals surface area (Å²) in [6, 6.07) is 5.68. The van der Waals surface area contributed by atoms with E-state index in [1.54, 1.807) is 6.21 Å². The molecule has 0 spiro atoms. The standard InChI is InChI=1S/C11H12N4O2/c1-2-9-10(17-7-16-9)5-8(1)6-14-15-11-12-3-4-13-11/h1-2,5-6H,3-4,7H2,(H2,12,13,15)/b14-6+. The van der Waals surface area contributed by atoms with Crippen molar-refractivity contribution < 1.29 is 9.47 Å². The van der Waals surface area contributed by atoms with Gasteiger partial charge in [-0.2, -0.15) is 5.10 Å². The fourth-order valence-corrected chi connectivity index (χ4v) is 1.63. The van der Waals surface area contributed by atoms with E-state index in [-0.39, 0.29) is 6.79 Å². The van der Waals surface area contributed by atoms with Crippen molar-refractivity contribution in [3.05, 3.63) is 23.8 Å². The van der Waals surface area contributed by atoms with E-state index < -0.39 is 0 Å². The zero-order chi connectivity index (χ0) is 11.5. The second-order valence-corrected chi connectivity index (χ2v) is 3.64. The summed E-state index contributed by atoms with van der Waals surface area (Å²) in [6.07, 6.45) is 1.71. The Balaban J connectivity index is 1.66. The third-order valence-corrected chi connectivity index (χ3v) is 2.45. The fourth-order valence-electron chi connectivity index (χ4n) is 1.63. The van der Waals surface area contributed by atoms with Crippen molar-refractivity contribution >= 4 is 12.2 Å². The predicted octanol–water partition coefficient (Wildman–Crippen LogP) is 0.298. The van der Waals surface area contributed by atoms with Crippen LogP contribution in [0.25, 0.3) is 0 Å².